The van der Waals surface area contributed by atoms with Gasteiger partial charge in [-0.3, -0.25) is 4.79 Å². The summed E-state index contributed by atoms with van der Waals surface area (Å²) in [5.41, 5.74) is 0. The number of aldehydes is 1. The molecule has 0 radical (unpaired) electrons. The van der Waals surface area contributed by atoms with Crippen LogP contribution in [-0.2, 0) is 9.59 Å². The molecular formula is C2H2O3. The van der Waals surface area contributed by atoms with Crippen molar-refractivity contribution in [2.24, 2.45) is 0 Å². The Morgan fingerprint density at radius 3 is 2.00 bits per heavy atom. The van der Waals surface area contributed by atoms with E-state index in [-0.39, 0.29) is 6.29 Å². The number of carbonyl (C=O) groups is 2. The molecule has 0 rings (SSSR count). The van der Waals surface area contributed by atoms with E-state index in [1.54, 1.807) is 0 Å². The van der Waals surface area contributed by atoms with Crippen molar-refractivity contribution in [3.63, 3.8) is 0 Å². The van der Waals surface area contributed by atoms with Crippen LogP contribution >= 0.6 is 0 Å². The Morgan fingerprint density at radius 1 is 1.80 bits per heavy atom. The SMILES string of the molecule is O=C[13C](=O)O. The quantitative estimate of drug-likeness (QED) is 0.254. The van der Waals surface area contributed by atoms with Gasteiger partial charge in [0.05, 0.1) is 0 Å². The summed E-state index contributed by atoms with van der Waals surface area (Å²) < 4.78 is 0. The van der Waals surface area contributed by atoms with Crippen molar-refractivity contribution in [1.82, 2.24) is 0 Å². The molecule has 1 N–H and O–H groups in total. The van der Waals surface area contributed by atoms with E-state index in [2.05, 4.69) is 0 Å². The normalized spacial score (nSPS) is 6.40. The summed E-state index contributed by atoms with van der Waals surface area (Å²) in [6.07, 6.45) is -0.167. The van der Waals surface area contributed by atoms with Gasteiger partial charge in [0.2, 0.25) is 6.29 Å². The molecule has 3 heteroatoms. The van der Waals surface area contributed by atoms with Crippen molar-refractivity contribution >= 4 is 12.3 Å². The summed E-state index contributed by atoms with van der Waals surface area (Å²) in [7, 11) is 0. The van der Waals surface area contributed by atoms with Crippen molar-refractivity contribution in [3.05, 3.63) is 0 Å². The lowest BCUT2D eigenvalue weighted by molar-refractivity contribution is -0.143. The molecule has 0 fully saturated rings. The highest BCUT2D eigenvalue weighted by atomic mass is 16.5. The Labute approximate surface area is 28.2 Å². The highest BCUT2D eigenvalue weighted by molar-refractivity contribution is 6.19. The Balaban J connectivity index is 3.20. The maximum absolute atomic E-state index is 9.00. The molecule has 0 saturated heterocycles. The predicted octanol–water partition coefficient (Wildman–Crippen LogP) is -0.730. The maximum atomic E-state index is 9.00. The number of rotatable bonds is 1. The van der Waals surface area contributed by atoms with Crippen molar-refractivity contribution in [2.75, 3.05) is 0 Å². The third kappa shape index (κ3) is 3.14. The average Bonchev–Trinajstić information content (AvgIpc) is 1.38. The van der Waals surface area contributed by atoms with Gasteiger partial charge in [-0.1, -0.05) is 0 Å². The molecule has 0 aromatic rings. The lowest BCUT2D eigenvalue weighted by atomic mass is 11.2. The van der Waals surface area contributed by atoms with Crippen LogP contribution in [0.5, 0.6) is 0 Å². The molecule has 0 spiro atoms. The minimum atomic E-state index is -1.43. The van der Waals surface area contributed by atoms with Crippen LogP contribution in [-0.4, -0.2) is 17.4 Å². The topological polar surface area (TPSA) is 54.4 Å². The second kappa shape index (κ2) is 1.46. The molecule has 0 saturated carbocycles. The molecule has 0 atom stereocenters. The maximum Gasteiger partial charge on any atom is 0.368 e. The zero-order valence-corrected chi connectivity index (χ0v) is 2.34. The minimum Gasteiger partial charge on any atom is -0.476 e. The van der Waals surface area contributed by atoms with Crippen LogP contribution in [0.3, 0.4) is 0 Å². The third-order valence-electron chi connectivity index (χ3n) is 0.101. The smallest absolute Gasteiger partial charge is 0.368 e. The van der Waals surface area contributed by atoms with E-state index in [4.69, 9.17) is 14.7 Å². The van der Waals surface area contributed by atoms with Gasteiger partial charge in [0, 0.05) is 0 Å². The van der Waals surface area contributed by atoms with Crippen LogP contribution in [0.25, 0.3) is 0 Å². The van der Waals surface area contributed by atoms with Gasteiger partial charge < -0.3 is 5.11 Å². The van der Waals surface area contributed by atoms with Gasteiger partial charge in [-0.15, -0.1) is 0 Å². The zero-order chi connectivity index (χ0) is 4.28. The highest BCUT2D eigenvalue weighted by Gasteiger charge is 1.80. The number of aliphatic carboxylic acids is 1. The summed E-state index contributed by atoms with van der Waals surface area (Å²) in [4.78, 5) is 17.9. The summed E-state index contributed by atoms with van der Waals surface area (Å²) >= 11 is 0. The van der Waals surface area contributed by atoms with Crippen molar-refractivity contribution in [3.8, 4) is 0 Å². The van der Waals surface area contributed by atoms with Crippen molar-refractivity contribution < 1.29 is 14.7 Å². The fourth-order valence-electron chi connectivity index (χ4n) is 0. The summed E-state index contributed by atoms with van der Waals surface area (Å²) in [6.45, 7) is 0. The first-order valence-corrected chi connectivity index (χ1v) is 0.952. The van der Waals surface area contributed by atoms with Crippen LogP contribution in [0.1, 0.15) is 0 Å². The van der Waals surface area contributed by atoms with Gasteiger partial charge in [0.1, 0.15) is 0 Å². The van der Waals surface area contributed by atoms with Gasteiger partial charge in [-0.2, -0.15) is 0 Å². The first-order valence-electron chi connectivity index (χ1n) is 0.952. The van der Waals surface area contributed by atoms with E-state index in [9.17, 15) is 0 Å². The summed E-state index contributed by atoms with van der Waals surface area (Å²) in [5.74, 6) is -1.43. The Morgan fingerprint density at radius 2 is 2.00 bits per heavy atom. The van der Waals surface area contributed by atoms with Crippen LogP contribution in [0.15, 0.2) is 0 Å². The lowest BCUT2D eigenvalue weighted by Crippen LogP contribution is -1.91. The first kappa shape index (κ1) is 4.14. The molecule has 0 bridgehead atoms. The van der Waals surface area contributed by atoms with E-state index < -0.39 is 5.97 Å². The fourth-order valence-corrected chi connectivity index (χ4v) is 0. The van der Waals surface area contributed by atoms with E-state index in [1.807, 2.05) is 0 Å². The van der Waals surface area contributed by atoms with Gasteiger partial charge in [0.25, 0.3) is 0 Å². The van der Waals surface area contributed by atoms with Crippen LogP contribution in [0, 0.1) is 0 Å². The molecule has 5 heavy (non-hydrogen) atoms. The summed E-state index contributed by atoms with van der Waals surface area (Å²) in [6, 6.07) is 0. The van der Waals surface area contributed by atoms with Crippen LogP contribution in [0.2, 0.25) is 0 Å². The molecule has 28 valence electrons. The van der Waals surface area contributed by atoms with Crippen molar-refractivity contribution in [2.45, 2.75) is 0 Å². The van der Waals surface area contributed by atoms with Gasteiger partial charge in [-0.05, 0) is 0 Å². The Kier molecular flexibility index (Phi) is 1.21. The van der Waals surface area contributed by atoms with Gasteiger partial charge in [-0.25, -0.2) is 4.79 Å². The number of hydrogen-bond acceptors (Lipinski definition) is 2. The largest absolute Gasteiger partial charge is 0.476 e. The lowest BCUT2D eigenvalue weighted by Gasteiger charge is -1.59. The second-order valence-electron chi connectivity index (χ2n) is 0.456. The molecule has 0 amide bonds. The first-order chi connectivity index (χ1) is 2.27. The number of carboxylic acids is 1. The fraction of sp³-hybridized carbons (Fsp3) is 0. The number of carbonyl (C=O) groups excluding carboxylic acids is 1. The Bertz CT molecular complexity index is 55.9. The van der Waals surface area contributed by atoms with Gasteiger partial charge >= 0.3 is 5.97 Å². The number of hydrogen-bond donors (Lipinski definition) is 1. The molecule has 0 aromatic carbocycles. The third-order valence-corrected chi connectivity index (χ3v) is 0.101. The van der Waals surface area contributed by atoms with Crippen LogP contribution in [0.4, 0.5) is 0 Å². The van der Waals surface area contributed by atoms with Crippen molar-refractivity contribution in [1.29, 1.82) is 0 Å². The molecular weight excluding hydrogens is 73.0 g/mol. The average molecular weight is 75.0 g/mol. The zero-order valence-electron chi connectivity index (χ0n) is 2.34. The molecule has 0 heterocycles. The predicted molar refractivity (Wildman–Crippen MR) is 13.7 cm³/mol. The molecule has 0 aliphatic carbocycles. The Hall–Kier alpha value is -0.860. The summed E-state index contributed by atoms with van der Waals surface area (Å²) in [5, 5.41) is 7.35. The van der Waals surface area contributed by atoms with E-state index in [0.29, 0.717) is 0 Å². The molecule has 0 aliphatic heterocycles. The van der Waals surface area contributed by atoms with Crippen LogP contribution < -0.4 is 0 Å². The molecule has 3 nitrogen and oxygen atoms in total. The molecule has 0 aliphatic rings. The molecule has 0 aromatic heterocycles. The van der Waals surface area contributed by atoms with E-state index in [1.165, 1.54) is 0 Å². The standard InChI is InChI=1S/C2H2O3/c3-1-2(4)5/h1H,(H,4,5)/i2+1. The molecule has 0 unspecified atom stereocenters. The highest BCUT2D eigenvalue weighted by Crippen LogP contribution is 1.39. The van der Waals surface area contributed by atoms with Gasteiger partial charge in [0.15, 0.2) is 0 Å². The van der Waals surface area contributed by atoms with E-state index in [0.717, 1.165) is 0 Å². The minimum absolute atomic E-state index is 0.167. The monoisotopic (exact) mass is 75.0 g/mol. The van der Waals surface area contributed by atoms with E-state index >= 15 is 0 Å². The number of carboxylic acid groups (broad SMARTS) is 1. The second-order valence-corrected chi connectivity index (χ2v) is 0.456.